The van der Waals surface area contributed by atoms with Crippen LogP contribution in [0.5, 0.6) is 5.75 Å². The van der Waals surface area contributed by atoms with Crippen LogP contribution < -0.4 is 4.74 Å². The lowest BCUT2D eigenvalue weighted by molar-refractivity contribution is 0.400. The van der Waals surface area contributed by atoms with Crippen LogP contribution in [0.15, 0.2) is 16.9 Å². The molecule has 4 heteroatoms. The fraction of sp³-hybridized carbons (Fsp3) is 0.400. The predicted molar refractivity (Wildman–Crippen MR) is 57.1 cm³/mol. The first kappa shape index (κ1) is 11.0. The summed E-state index contributed by atoms with van der Waals surface area (Å²) in [6.07, 6.45) is 3.27. The molecular weight excluding hydrogens is 244 g/mol. The van der Waals surface area contributed by atoms with Gasteiger partial charge in [0, 0.05) is 16.2 Å². The smallest absolute Gasteiger partial charge is 0.143 e. The van der Waals surface area contributed by atoms with Crippen LogP contribution in [0.2, 0.25) is 0 Å². The summed E-state index contributed by atoms with van der Waals surface area (Å²) in [6, 6.07) is 2.24. The van der Waals surface area contributed by atoms with Crippen molar-refractivity contribution in [1.29, 1.82) is 5.26 Å². The van der Waals surface area contributed by atoms with Crippen LogP contribution in [0.3, 0.4) is 0 Å². The number of methoxy groups -OCH3 is 1. The number of nitriles is 1. The molecule has 0 atom stereocenters. The van der Waals surface area contributed by atoms with Crippen molar-refractivity contribution in [3.63, 3.8) is 0 Å². The summed E-state index contributed by atoms with van der Waals surface area (Å²) in [6.45, 7) is 3.69. The van der Waals surface area contributed by atoms with Crippen LogP contribution in [0.4, 0.5) is 0 Å². The lowest BCUT2D eigenvalue weighted by Gasteiger charge is -2.20. The van der Waals surface area contributed by atoms with Gasteiger partial charge in [-0.25, -0.2) is 0 Å². The SMILES string of the molecule is COc1cncc(Br)c1C(C)(C)C#N. The van der Waals surface area contributed by atoms with Gasteiger partial charge in [-0.05, 0) is 29.8 Å². The van der Waals surface area contributed by atoms with Crippen molar-refractivity contribution < 1.29 is 4.74 Å². The number of hydrogen-bond donors (Lipinski definition) is 0. The molecular formula is C10H11BrN2O. The highest BCUT2D eigenvalue weighted by Gasteiger charge is 2.26. The van der Waals surface area contributed by atoms with E-state index in [0.717, 1.165) is 10.0 Å². The Morgan fingerprint density at radius 1 is 1.50 bits per heavy atom. The van der Waals surface area contributed by atoms with Gasteiger partial charge in [0.05, 0.1) is 24.8 Å². The summed E-state index contributed by atoms with van der Waals surface area (Å²) in [5.74, 6) is 0.630. The van der Waals surface area contributed by atoms with Crippen LogP contribution >= 0.6 is 15.9 Å². The van der Waals surface area contributed by atoms with Gasteiger partial charge in [-0.3, -0.25) is 4.98 Å². The monoisotopic (exact) mass is 254 g/mol. The molecule has 1 aromatic rings. The molecule has 0 saturated heterocycles. The molecule has 0 fully saturated rings. The molecule has 1 aromatic heterocycles. The standard InChI is InChI=1S/C10H11BrN2O/c1-10(2,6-12)9-7(11)4-13-5-8(9)14-3/h4-5H,1-3H3. The third kappa shape index (κ3) is 1.88. The van der Waals surface area contributed by atoms with Crippen molar-refractivity contribution in [2.45, 2.75) is 19.3 Å². The highest BCUT2D eigenvalue weighted by atomic mass is 79.9. The maximum absolute atomic E-state index is 9.05. The van der Waals surface area contributed by atoms with Crippen molar-refractivity contribution in [3.05, 3.63) is 22.4 Å². The first-order chi connectivity index (χ1) is 6.53. The number of pyridine rings is 1. The second kappa shape index (κ2) is 3.97. The Morgan fingerprint density at radius 2 is 2.14 bits per heavy atom. The van der Waals surface area contributed by atoms with Gasteiger partial charge in [0.1, 0.15) is 5.75 Å². The van der Waals surface area contributed by atoms with E-state index in [1.54, 1.807) is 19.5 Å². The largest absolute Gasteiger partial charge is 0.495 e. The molecule has 1 rings (SSSR count). The van der Waals surface area contributed by atoms with Gasteiger partial charge >= 0.3 is 0 Å². The Hall–Kier alpha value is -1.08. The number of aromatic nitrogens is 1. The molecule has 1 heterocycles. The highest BCUT2D eigenvalue weighted by molar-refractivity contribution is 9.10. The fourth-order valence-corrected chi connectivity index (χ4v) is 2.04. The predicted octanol–water partition coefficient (Wildman–Crippen LogP) is 2.65. The van der Waals surface area contributed by atoms with E-state index >= 15 is 0 Å². The van der Waals surface area contributed by atoms with E-state index in [0.29, 0.717) is 5.75 Å². The second-order valence-electron chi connectivity index (χ2n) is 3.44. The lowest BCUT2D eigenvalue weighted by Crippen LogP contribution is -2.16. The quantitative estimate of drug-likeness (QED) is 0.816. The van der Waals surface area contributed by atoms with Crippen molar-refractivity contribution in [2.24, 2.45) is 0 Å². The average Bonchev–Trinajstić information content (AvgIpc) is 2.17. The lowest BCUT2D eigenvalue weighted by atomic mass is 9.86. The summed E-state index contributed by atoms with van der Waals surface area (Å²) >= 11 is 3.37. The van der Waals surface area contributed by atoms with Gasteiger partial charge in [0.15, 0.2) is 0 Å². The van der Waals surface area contributed by atoms with Crippen molar-refractivity contribution in [1.82, 2.24) is 4.98 Å². The molecule has 0 saturated carbocycles. The van der Waals surface area contributed by atoms with Crippen LogP contribution in [-0.4, -0.2) is 12.1 Å². The molecule has 0 unspecified atom stereocenters. The van der Waals surface area contributed by atoms with Gasteiger partial charge in [-0.15, -0.1) is 0 Å². The minimum absolute atomic E-state index is 0.590. The molecule has 0 aliphatic heterocycles. The Morgan fingerprint density at radius 3 is 2.64 bits per heavy atom. The molecule has 3 nitrogen and oxygen atoms in total. The van der Waals surface area contributed by atoms with E-state index in [-0.39, 0.29) is 0 Å². The number of nitrogens with zero attached hydrogens (tertiary/aromatic N) is 2. The van der Waals surface area contributed by atoms with Crippen molar-refractivity contribution in [3.8, 4) is 11.8 Å². The molecule has 0 aromatic carbocycles. The maximum atomic E-state index is 9.05. The zero-order valence-corrected chi connectivity index (χ0v) is 9.92. The molecule has 14 heavy (non-hydrogen) atoms. The van der Waals surface area contributed by atoms with Gasteiger partial charge in [-0.2, -0.15) is 5.26 Å². The topological polar surface area (TPSA) is 45.9 Å². The van der Waals surface area contributed by atoms with E-state index in [1.807, 2.05) is 13.8 Å². The third-order valence-electron chi connectivity index (χ3n) is 1.99. The fourth-order valence-electron chi connectivity index (χ4n) is 1.23. The molecule has 74 valence electrons. The number of ether oxygens (including phenoxy) is 1. The Bertz CT molecular complexity index is 382. The molecule has 0 N–H and O–H groups in total. The van der Waals surface area contributed by atoms with E-state index in [1.165, 1.54) is 0 Å². The number of rotatable bonds is 2. The van der Waals surface area contributed by atoms with Crippen LogP contribution in [-0.2, 0) is 5.41 Å². The minimum atomic E-state index is -0.590. The first-order valence-electron chi connectivity index (χ1n) is 4.12. The summed E-state index contributed by atoms with van der Waals surface area (Å²) < 4.78 is 5.97. The number of halogens is 1. The zero-order chi connectivity index (χ0) is 10.8. The zero-order valence-electron chi connectivity index (χ0n) is 8.34. The van der Waals surface area contributed by atoms with Crippen molar-refractivity contribution in [2.75, 3.05) is 7.11 Å². The summed E-state index contributed by atoms with van der Waals surface area (Å²) in [5, 5.41) is 9.05. The van der Waals surface area contributed by atoms with E-state index in [9.17, 15) is 0 Å². The Kier molecular flexibility index (Phi) is 3.12. The van der Waals surface area contributed by atoms with Crippen molar-refractivity contribution >= 4 is 15.9 Å². The minimum Gasteiger partial charge on any atom is -0.495 e. The summed E-state index contributed by atoms with van der Waals surface area (Å²) in [4.78, 5) is 3.98. The molecule has 0 amide bonds. The Balaban J connectivity index is 3.40. The average molecular weight is 255 g/mol. The molecule has 0 aliphatic carbocycles. The molecule has 0 spiro atoms. The van der Waals surface area contributed by atoms with Gasteiger partial charge in [-0.1, -0.05) is 0 Å². The molecule has 0 bridgehead atoms. The third-order valence-corrected chi connectivity index (χ3v) is 2.59. The van der Waals surface area contributed by atoms with Crippen LogP contribution in [0.25, 0.3) is 0 Å². The highest BCUT2D eigenvalue weighted by Crippen LogP contribution is 2.35. The van der Waals surface area contributed by atoms with Crippen LogP contribution in [0.1, 0.15) is 19.4 Å². The Labute approximate surface area is 91.8 Å². The van der Waals surface area contributed by atoms with Gasteiger partial charge < -0.3 is 4.74 Å². The normalized spacial score (nSPS) is 10.8. The van der Waals surface area contributed by atoms with Gasteiger partial charge in [0.2, 0.25) is 0 Å². The van der Waals surface area contributed by atoms with Gasteiger partial charge in [0.25, 0.3) is 0 Å². The first-order valence-corrected chi connectivity index (χ1v) is 4.91. The summed E-state index contributed by atoms with van der Waals surface area (Å²) in [7, 11) is 1.57. The summed E-state index contributed by atoms with van der Waals surface area (Å²) in [5.41, 5.74) is 0.241. The van der Waals surface area contributed by atoms with Crippen LogP contribution in [0, 0.1) is 11.3 Å². The van der Waals surface area contributed by atoms with E-state index in [2.05, 4.69) is 27.0 Å². The maximum Gasteiger partial charge on any atom is 0.143 e. The molecule has 0 aliphatic rings. The second-order valence-corrected chi connectivity index (χ2v) is 4.29. The van der Waals surface area contributed by atoms with E-state index in [4.69, 9.17) is 10.00 Å². The van der Waals surface area contributed by atoms with E-state index < -0.39 is 5.41 Å². The number of hydrogen-bond acceptors (Lipinski definition) is 3. The molecule has 0 radical (unpaired) electrons.